The Morgan fingerprint density at radius 1 is 0.870 bits per heavy atom. The predicted octanol–water partition coefficient (Wildman–Crippen LogP) is 4.00. The third-order valence-electron chi connectivity index (χ3n) is 4.48. The first-order valence-corrected chi connectivity index (χ1v) is 7.65. The van der Waals surface area contributed by atoms with E-state index in [1.165, 1.54) is 16.5 Å². The lowest BCUT2D eigenvalue weighted by molar-refractivity contribution is 0.106. The van der Waals surface area contributed by atoms with E-state index in [1.807, 2.05) is 42.5 Å². The van der Waals surface area contributed by atoms with E-state index < -0.39 is 0 Å². The third-order valence-corrected chi connectivity index (χ3v) is 4.48. The lowest BCUT2D eigenvalue weighted by Gasteiger charge is -2.09. The summed E-state index contributed by atoms with van der Waals surface area (Å²) in [5, 5.41) is 14.8. The van der Waals surface area contributed by atoms with Gasteiger partial charge in [0.1, 0.15) is 0 Å². The number of carbonyl (C=O) groups excluding carboxylic acids is 1. The summed E-state index contributed by atoms with van der Waals surface area (Å²) >= 11 is 0. The maximum absolute atomic E-state index is 12.9. The summed E-state index contributed by atoms with van der Waals surface area (Å²) < 4.78 is 0. The monoisotopic (exact) mass is 301 g/mol. The van der Waals surface area contributed by atoms with Crippen LogP contribution in [0.1, 0.15) is 27.0 Å². The zero-order valence-corrected chi connectivity index (χ0v) is 12.5. The highest BCUT2D eigenvalue weighted by molar-refractivity contribution is 6.52. The van der Waals surface area contributed by atoms with Crippen LogP contribution in [0.4, 0.5) is 0 Å². The first kappa shape index (κ1) is 13.7. The first-order chi connectivity index (χ1) is 11.3. The summed E-state index contributed by atoms with van der Waals surface area (Å²) in [6, 6.07) is 19.0. The van der Waals surface area contributed by atoms with E-state index >= 15 is 0 Å². The van der Waals surface area contributed by atoms with Gasteiger partial charge in [-0.3, -0.25) is 4.79 Å². The molecule has 0 unspecified atom stereocenters. The summed E-state index contributed by atoms with van der Waals surface area (Å²) in [4.78, 5) is 12.9. The smallest absolute Gasteiger partial charge is 0.215 e. The largest absolute Gasteiger partial charge is 0.410 e. The number of hydrogen-bond acceptors (Lipinski definition) is 3. The molecule has 0 bridgehead atoms. The fourth-order valence-corrected chi connectivity index (χ4v) is 3.40. The number of carbonyl (C=O) groups is 1. The van der Waals surface area contributed by atoms with Crippen molar-refractivity contribution < 1.29 is 10.0 Å². The van der Waals surface area contributed by atoms with Crippen molar-refractivity contribution in [3.8, 4) is 0 Å². The van der Waals surface area contributed by atoms with Gasteiger partial charge in [-0.25, -0.2) is 0 Å². The van der Waals surface area contributed by atoms with Gasteiger partial charge in [0.2, 0.25) is 5.78 Å². The normalized spacial score (nSPS) is 13.5. The minimum Gasteiger partial charge on any atom is -0.410 e. The van der Waals surface area contributed by atoms with Crippen molar-refractivity contribution in [1.29, 1.82) is 0 Å². The highest BCUT2D eigenvalue weighted by Crippen LogP contribution is 2.33. The molecule has 3 heteroatoms. The van der Waals surface area contributed by atoms with Crippen LogP contribution in [0.2, 0.25) is 0 Å². The fourth-order valence-electron chi connectivity index (χ4n) is 3.40. The molecular weight excluding hydrogens is 286 g/mol. The summed E-state index contributed by atoms with van der Waals surface area (Å²) in [6.45, 7) is 0. The molecule has 0 aromatic heterocycles. The molecule has 4 rings (SSSR count). The highest BCUT2D eigenvalue weighted by Gasteiger charge is 2.22. The molecule has 3 aromatic carbocycles. The van der Waals surface area contributed by atoms with Gasteiger partial charge < -0.3 is 5.21 Å². The van der Waals surface area contributed by atoms with Crippen LogP contribution in [0.5, 0.6) is 0 Å². The lowest BCUT2D eigenvalue weighted by Crippen LogP contribution is -2.16. The van der Waals surface area contributed by atoms with Gasteiger partial charge in [0, 0.05) is 11.1 Å². The van der Waals surface area contributed by atoms with Crippen molar-refractivity contribution in [2.75, 3.05) is 0 Å². The lowest BCUT2D eigenvalue weighted by atomic mass is 9.94. The molecule has 0 amide bonds. The molecule has 3 nitrogen and oxygen atoms in total. The van der Waals surface area contributed by atoms with Crippen molar-refractivity contribution in [3.05, 3.63) is 82.9 Å². The van der Waals surface area contributed by atoms with Crippen LogP contribution in [-0.4, -0.2) is 16.7 Å². The fraction of sp³-hybridized carbons (Fsp3) is 0.100. The second kappa shape index (κ2) is 5.36. The standard InChI is InChI=1S/C20H15NO2/c22-20(19(21-23)15-5-2-1-3-6-15)17-12-11-14-10-9-13-7-4-8-16(17)18(13)14/h1-8,11-12,23H,9-10H2/b21-19-. The minimum absolute atomic E-state index is 0.0734. The average molecular weight is 301 g/mol. The van der Waals surface area contributed by atoms with Crippen LogP contribution < -0.4 is 0 Å². The van der Waals surface area contributed by atoms with Gasteiger partial charge >= 0.3 is 0 Å². The van der Waals surface area contributed by atoms with Crippen LogP contribution in [0, 0.1) is 0 Å². The number of rotatable bonds is 3. The van der Waals surface area contributed by atoms with Crippen molar-refractivity contribution in [3.63, 3.8) is 0 Å². The van der Waals surface area contributed by atoms with E-state index in [9.17, 15) is 10.0 Å². The van der Waals surface area contributed by atoms with Crippen LogP contribution in [0.25, 0.3) is 10.8 Å². The van der Waals surface area contributed by atoms with E-state index in [0.717, 1.165) is 18.2 Å². The molecule has 1 N–H and O–H groups in total. The van der Waals surface area contributed by atoms with E-state index in [-0.39, 0.29) is 11.5 Å². The Kier molecular flexibility index (Phi) is 3.19. The van der Waals surface area contributed by atoms with Gasteiger partial charge in [0.25, 0.3) is 0 Å². The zero-order valence-electron chi connectivity index (χ0n) is 12.5. The van der Waals surface area contributed by atoms with E-state index in [2.05, 4.69) is 11.2 Å². The Balaban J connectivity index is 1.89. The topological polar surface area (TPSA) is 49.7 Å². The number of ketones is 1. The molecule has 1 aliphatic rings. The summed E-state index contributed by atoms with van der Waals surface area (Å²) in [5.74, 6) is -0.255. The molecule has 23 heavy (non-hydrogen) atoms. The molecule has 3 aromatic rings. The van der Waals surface area contributed by atoms with Gasteiger partial charge in [-0.05, 0) is 34.7 Å². The maximum atomic E-state index is 12.9. The number of hydrogen-bond donors (Lipinski definition) is 1. The zero-order chi connectivity index (χ0) is 15.8. The molecule has 112 valence electrons. The van der Waals surface area contributed by atoms with Gasteiger partial charge in [0.15, 0.2) is 5.71 Å². The predicted molar refractivity (Wildman–Crippen MR) is 90.5 cm³/mol. The van der Waals surface area contributed by atoms with Crippen molar-refractivity contribution in [2.24, 2.45) is 5.16 Å². The highest BCUT2D eigenvalue weighted by atomic mass is 16.4. The van der Waals surface area contributed by atoms with Crippen LogP contribution >= 0.6 is 0 Å². The third kappa shape index (κ3) is 2.13. The molecule has 1 aliphatic carbocycles. The summed E-state index contributed by atoms with van der Waals surface area (Å²) in [7, 11) is 0. The second-order valence-corrected chi connectivity index (χ2v) is 5.76. The molecule has 0 spiro atoms. The van der Waals surface area contributed by atoms with E-state index in [0.29, 0.717) is 11.1 Å². The summed E-state index contributed by atoms with van der Waals surface area (Å²) in [5.41, 5.74) is 3.85. The van der Waals surface area contributed by atoms with Gasteiger partial charge in [-0.15, -0.1) is 0 Å². The van der Waals surface area contributed by atoms with Crippen molar-refractivity contribution in [2.45, 2.75) is 12.8 Å². The van der Waals surface area contributed by atoms with Crippen molar-refractivity contribution >= 4 is 22.3 Å². The first-order valence-electron chi connectivity index (χ1n) is 7.65. The second-order valence-electron chi connectivity index (χ2n) is 5.76. The Labute approximate surface area is 133 Å². The van der Waals surface area contributed by atoms with Crippen LogP contribution in [-0.2, 0) is 12.8 Å². The van der Waals surface area contributed by atoms with E-state index in [1.54, 1.807) is 12.1 Å². The summed E-state index contributed by atoms with van der Waals surface area (Å²) in [6.07, 6.45) is 2.04. The van der Waals surface area contributed by atoms with Gasteiger partial charge in [-0.2, -0.15) is 0 Å². The number of aryl methyl sites for hydroxylation is 2. The SMILES string of the molecule is O=C(/C(=N\O)c1ccccc1)c1ccc2c3c(cccc13)CC2. The van der Waals surface area contributed by atoms with Gasteiger partial charge in [0.05, 0.1) is 0 Å². The number of nitrogens with zero attached hydrogens (tertiary/aromatic N) is 1. The average Bonchev–Trinajstić information content (AvgIpc) is 3.02. The molecular formula is C20H15NO2. The maximum Gasteiger partial charge on any atom is 0.215 e. The Morgan fingerprint density at radius 3 is 2.35 bits per heavy atom. The van der Waals surface area contributed by atoms with Crippen molar-refractivity contribution in [1.82, 2.24) is 0 Å². The Morgan fingerprint density at radius 2 is 1.61 bits per heavy atom. The van der Waals surface area contributed by atoms with Crippen LogP contribution in [0.3, 0.4) is 0 Å². The number of Topliss-reactive ketones (excluding diaryl/α,β-unsaturated/α-hetero) is 1. The van der Waals surface area contributed by atoms with Gasteiger partial charge in [-0.1, -0.05) is 65.8 Å². The number of benzene rings is 3. The Bertz CT molecular complexity index is 932. The molecule has 0 atom stereocenters. The quantitative estimate of drug-likeness (QED) is 0.344. The Hall–Kier alpha value is -2.94. The van der Waals surface area contributed by atoms with Crippen LogP contribution in [0.15, 0.2) is 65.8 Å². The molecule has 0 radical (unpaired) electrons. The molecule has 0 heterocycles. The molecule has 0 fully saturated rings. The number of oxime groups is 1. The molecule has 0 saturated carbocycles. The molecule has 0 saturated heterocycles. The van der Waals surface area contributed by atoms with E-state index in [4.69, 9.17) is 0 Å². The minimum atomic E-state index is -0.255. The molecule has 0 aliphatic heterocycles.